The van der Waals surface area contributed by atoms with Crippen LogP contribution in [-0.4, -0.2) is 41.9 Å². The molecule has 0 amide bonds. The molecule has 108 valence electrons. The molecule has 0 spiro atoms. The molecule has 1 heterocycles. The first-order valence-corrected chi connectivity index (χ1v) is 6.37. The van der Waals surface area contributed by atoms with E-state index >= 15 is 0 Å². The monoisotopic (exact) mass is 301 g/mol. The maximum absolute atomic E-state index is 12.1. The number of alkyl halides is 3. The number of hydrogen-bond donors (Lipinski definition) is 3. The first-order valence-electron chi connectivity index (χ1n) is 4.88. The van der Waals surface area contributed by atoms with Crippen molar-refractivity contribution >= 4 is 16.0 Å². The van der Waals surface area contributed by atoms with Crippen molar-refractivity contribution in [2.45, 2.75) is 30.6 Å². The Morgan fingerprint density at radius 3 is 2.63 bits per heavy atom. The molecule has 0 aliphatic rings. The first kappa shape index (κ1) is 15.4. The number of halogens is 3. The Hall–Kier alpha value is -1.62. The zero-order valence-electron chi connectivity index (χ0n) is 9.52. The van der Waals surface area contributed by atoms with Crippen LogP contribution in [0.2, 0.25) is 0 Å². The summed E-state index contributed by atoms with van der Waals surface area (Å²) < 4.78 is 61.4. The van der Waals surface area contributed by atoms with Crippen molar-refractivity contribution in [2.24, 2.45) is 0 Å². The Balaban J connectivity index is 2.93. The van der Waals surface area contributed by atoms with Crippen molar-refractivity contribution in [3.8, 4) is 0 Å². The second-order valence-corrected chi connectivity index (χ2v) is 5.41. The molecule has 1 aromatic rings. The number of aromatic amines is 1. The number of sulfonamides is 1. The standard InChI is InChI=1S/C8H10F3N3O4S/c1-4(2-8(9,10)11)14-19(17,18)6-5(7(15)16)3-12-13-6/h3-4,14H,2H2,1H3,(H,12,13)(H,15,16). The van der Waals surface area contributed by atoms with E-state index in [2.05, 4.69) is 5.10 Å². The molecule has 1 rings (SSSR count). The van der Waals surface area contributed by atoms with E-state index in [9.17, 15) is 26.4 Å². The number of carboxylic acid groups (broad SMARTS) is 1. The highest BCUT2D eigenvalue weighted by Crippen LogP contribution is 2.22. The second kappa shape index (κ2) is 5.17. The van der Waals surface area contributed by atoms with Crippen LogP contribution >= 0.6 is 0 Å². The van der Waals surface area contributed by atoms with Crippen LogP contribution in [0, 0.1) is 0 Å². The number of aromatic carboxylic acids is 1. The van der Waals surface area contributed by atoms with Gasteiger partial charge < -0.3 is 5.11 Å². The zero-order valence-corrected chi connectivity index (χ0v) is 10.3. The Bertz CT molecular complexity index is 566. The van der Waals surface area contributed by atoms with Crippen LogP contribution < -0.4 is 4.72 Å². The lowest BCUT2D eigenvalue weighted by molar-refractivity contribution is -0.137. The summed E-state index contributed by atoms with van der Waals surface area (Å²) in [4.78, 5) is 10.7. The van der Waals surface area contributed by atoms with Gasteiger partial charge in [-0.1, -0.05) is 0 Å². The number of rotatable bonds is 5. The molecule has 0 fully saturated rings. The minimum atomic E-state index is -4.54. The largest absolute Gasteiger partial charge is 0.478 e. The number of H-pyrrole nitrogens is 1. The minimum Gasteiger partial charge on any atom is -0.478 e. The van der Waals surface area contributed by atoms with Crippen molar-refractivity contribution < 1.29 is 31.5 Å². The average Bonchev–Trinajstić information content (AvgIpc) is 2.60. The molecule has 1 unspecified atom stereocenters. The Morgan fingerprint density at radius 2 is 2.16 bits per heavy atom. The molecule has 0 saturated heterocycles. The third-order valence-electron chi connectivity index (χ3n) is 2.00. The third-order valence-corrected chi connectivity index (χ3v) is 3.56. The number of hydrogen-bond acceptors (Lipinski definition) is 4. The molecule has 7 nitrogen and oxygen atoms in total. The van der Waals surface area contributed by atoms with Crippen LogP contribution in [0.5, 0.6) is 0 Å². The van der Waals surface area contributed by atoms with Crippen molar-refractivity contribution in [3.05, 3.63) is 11.8 Å². The molecular formula is C8H10F3N3O4S. The summed E-state index contributed by atoms with van der Waals surface area (Å²) in [5.41, 5.74) is -0.647. The Labute approximate surface area is 105 Å². The van der Waals surface area contributed by atoms with Crippen molar-refractivity contribution in [1.82, 2.24) is 14.9 Å². The molecule has 11 heteroatoms. The lowest BCUT2D eigenvalue weighted by Crippen LogP contribution is -2.36. The molecule has 19 heavy (non-hydrogen) atoms. The molecular weight excluding hydrogens is 291 g/mol. The van der Waals surface area contributed by atoms with Gasteiger partial charge in [-0.05, 0) is 6.92 Å². The van der Waals surface area contributed by atoms with E-state index in [0.717, 1.165) is 13.1 Å². The fourth-order valence-electron chi connectivity index (χ4n) is 1.34. The lowest BCUT2D eigenvalue weighted by atomic mass is 10.2. The van der Waals surface area contributed by atoms with Crippen molar-refractivity contribution in [1.29, 1.82) is 0 Å². The fourth-order valence-corrected chi connectivity index (χ4v) is 2.68. The average molecular weight is 301 g/mol. The maximum atomic E-state index is 12.1. The summed E-state index contributed by atoms with van der Waals surface area (Å²) >= 11 is 0. The summed E-state index contributed by atoms with van der Waals surface area (Å²) in [5.74, 6) is -1.56. The van der Waals surface area contributed by atoms with Crippen LogP contribution in [0.15, 0.2) is 11.2 Å². The zero-order chi connectivity index (χ0) is 14.8. The highest BCUT2D eigenvalue weighted by molar-refractivity contribution is 7.89. The van der Waals surface area contributed by atoms with Gasteiger partial charge in [0.15, 0.2) is 5.03 Å². The summed E-state index contributed by atoms with van der Waals surface area (Å²) in [5, 5.41) is 13.1. The van der Waals surface area contributed by atoms with Gasteiger partial charge in [-0.3, -0.25) is 5.10 Å². The maximum Gasteiger partial charge on any atom is 0.390 e. The van der Waals surface area contributed by atoms with E-state index in [-0.39, 0.29) is 0 Å². The van der Waals surface area contributed by atoms with Crippen LogP contribution in [0.4, 0.5) is 13.2 Å². The Morgan fingerprint density at radius 1 is 1.58 bits per heavy atom. The van der Waals surface area contributed by atoms with Gasteiger partial charge in [0.2, 0.25) is 0 Å². The predicted molar refractivity (Wildman–Crippen MR) is 56.0 cm³/mol. The van der Waals surface area contributed by atoms with Crippen molar-refractivity contribution in [3.63, 3.8) is 0 Å². The molecule has 0 saturated carbocycles. The molecule has 0 bridgehead atoms. The summed E-state index contributed by atoms with van der Waals surface area (Å²) in [6, 6.07) is -1.44. The number of carbonyl (C=O) groups is 1. The molecule has 1 atom stereocenters. The smallest absolute Gasteiger partial charge is 0.390 e. The van der Waals surface area contributed by atoms with Crippen molar-refractivity contribution in [2.75, 3.05) is 0 Å². The van der Waals surface area contributed by atoms with E-state index in [0.29, 0.717) is 0 Å². The lowest BCUT2D eigenvalue weighted by Gasteiger charge is -2.15. The summed E-state index contributed by atoms with van der Waals surface area (Å²) in [6.45, 7) is 1.02. The second-order valence-electron chi connectivity index (χ2n) is 3.76. The van der Waals surface area contributed by atoms with E-state index in [1.165, 1.54) is 0 Å². The van der Waals surface area contributed by atoms with Gasteiger partial charge in [-0.2, -0.15) is 18.3 Å². The van der Waals surface area contributed by atoms with Gasteiger partial charge in [-0.15, -0.1) is 0 Å². The topological polar surface area (TPSA) is 112 Å². The Kier molecular flexibility index (Phi) is 4.20. The first-order chi connectivity index (χ1) is 8.53. The summed E-state index contributed by atoms with van der Waals surface area (Å²) in [6.07, 6.45) is -5.15. The van der Waals surface area contributed by atoms with Gasteiger partial charge in [0.05, 0.1) is 12.6 Å². The van der Waals surface area contributed by atoms with E-state index in [1.807, 2.05) is 5.10 Å². The predicted octanol–water partition coefficient (Wildman–Crippen LogP) is 0.727. The number of nitrogens with one attached hydrogen (secondary N) is 2. The van der Waals surface area contributed by atoms with E-state index < -0.39 is 45.2 Å². The number of aromatic nitrogens is 2. The normalized spacial score (nSPS) is 14.3. The van der Waals surface area contributed by atoms with Gasteiger partial charge in [-0.25, -0.2) is 17.9 Å². The van der Waals surface area contributed by atoms with Gasteiger partial charge in [0, 0.05) is 6.04 Å². The van der Waals surface area contributed by atoms with Crippen LogP contribution in [0.3, 0.4) is 0 Å². The van der Waals surface area contributed by atoms with E-state index in [1.54, 1.807) is 4.72 Å². The number of nitrogens with zero attached hydrogens (tertiary/aromatic N) is 1. The SMILES string of the molecule is CC(CC(F)(F)F)NS(=O)(=O)c1[nH]ncc1C(=O)O. The van der Waals surface area contributed by atoms with Gasteiger partial charge in [0.1, 0.15) is 5.56 Å². The molecule has 3 N–H and O–H groups in total. The quantitative estimate of drug-likeness (QED) is 0.742. The fraction of sp³-hybridized carbons (Fsp3) is 0.500. The molecule has 0 radical (unpaired) electrons. The minimum absolute atomic E-state index is 0.647. The highest BCUT2D eigenvalue weighted by atomic mass is 32.2. The van der Waals surface area contributed by atoms with Crippen LogP contribution in [-0.2, 0) is 10.0 Å². The van der Waals surface area contributed by atoms with Gasteiger partial charge in [0.25, 0.3) is 10.0 Å². The molecule has 1 aromatic heterocycles. The third kappa shape index (κ3) is 4.21. The number of carboxylic acids is 1. The molecule has 0 aliphatic carbocycles. The molecule has 0 aromatic carbocycles. The van der Waals surface area contributed by atoms with Crippen LogP contribution in [0.1, 0.15) is 23.7 Å². The molecule has 0 aliphatic heterocycles. The van der Waals surface area contributed by atoms with E-state index in [4.69, 9.17) is 5.11 Å². The highest BCUT2D eigenvalue weighted by Gasteiger charge is 2.33. The van der Waals surface area contributed by atoms with Crippen LogP contribution in [0.25, 0.3) is 0 Å². The summed E-state index contributed by atoms with van der Waals surface area (Å²) in [7, 11) is -4.41. The van der Waals surface area contributed by atoms with Gasteiger partial charge >= 0.3 is 12.1 Å².